The second kappa shape index (κ2) is 7.84. The topological polar surface area (TPSA) is 47.0 Å². The number of rotatable bonds is 6. The van der Waals surface area contributed by atoms with E-state index in [0.717, 1.165) is 54.8 Å². The van der Waals surface area contributed by atoms with E-state index >= 15 is 0 Å². The van der Waals surface area contributed by atoms with Gasteiger partial charge in [0.15, 0.2) is 5.82 Å². The summed E-state index contributed by atoms with van der Waals surface area (Å²) in [7, 11) is 0. The number of anilines is 1. The fourth-order valence-corrected chi connectivity index (χ4v) is 3.01. The van der Waals surface area contributed by atoms with Crippen molar-refractivity contribution in [1.82, 2.24) is 9.97 Å². The van der Waals surface area contributed by atoms with Crippen LogP contribution in [0.3, 0.4) is 0 Å². The maximum Gasteiger partial charge on any atom is 0.160 e. The van der Waals surface area contributed by atoms with Gasteiger partial charge in [0.25, 0.3) is 0 Å². The Morgan fingerprint density at radius 2 is 2.30 bits per heavy atom. The molecule has 0 saturated carbocycles. The lowest BCUT2D eigenvalue weighted by atomic mass is 10.1. The third kappa shape index (κ3) is 4.63. The molecule has 2 heterocycles. The Morgan fingerprint density at radius 1 is 1.45 bits per heavy atom. The lowest BCUT2D eigenvalue weighted by Crippen LogP contribution is -2.19. The monoisotopic (exact) mass is 295 g/mol. The van der Waals surface area contributed by atoms with Crippen LogP contribution in [0.2, 0.25) is 0 Å². The minimum atomic E-state index is 0.0445. The Bertz CT molecular complexity index is 420. The molecule has 1 unspecified atom stereocenters. The van der Waals surface area contributed by atoms with Gasteiger partial charge in [-0.05, 0) is 18.8 Å². The highest BCUT2D eigenvalue weighted by atomic mass is 32.2. The Balaban J connectivity index is 2.19. The molecule has 4 nitrogen and oxygen atoms in total. The number of nitrogens with one attached hydrogen (secondary N) is 1. The number of thioether (sulfide) groups is 1. The summed E-state index contributed by atoms with van der Waals surface area (Å²) >= 11 is 1.92. The normalized spacial score (nSPS) is 19.3. The summed E-state index contributed by atoms with van der Waals surface area (Å²) in [5, 5.41) is 3.37. The van der Waals surface area contributed by atoms with E-state index in [0.29, 0.717) is 5.92 Å². The summed E-state index contributed by atoms with van der Waals surface area (Å²) in [4.78, 5) is 9.36. The molecule has 20 heavy (non-hydrogen) atoms. The van der Waals surface area contributed by atoms with E-state index < -0.39 is 0 Å². The summed E-state index contributed by atoms with van der Waals surface area (Å²) in [6.45, 7) is 8.33. The molecule has 0 radical (unpaired) electrons. The van der Waals surface area contributed by atoms with Crippen LogP contribution in [0.25, 0.3) is 0 Å². The van der Waals surface area contributed by atoms with Gasteiger partial charge in [-0.15, -0.1) is 0 Å². The summed E-state index contributed by atoms with van der Waals surface area (Å²) in [5.74, 6) is 4.40. The van der Waals surface area contributed by atoms with E-state index in [1.54, 1.807) is 0 Å². The molecule has 112 valence electrons. The molecule has 2 rings (SSSR count). The molecule has 1 aromatic heterocycles. The van der Waals surface area contributed by atoms with E-state index in [1.165, 1.54) is 0 Å². The van der Waals surface area contributed by atoms with Gasteiger partial charge in [0.1, 0.15) is 11.9 Å². The molecule has 5 heteroatoms. The van der Waals surface area contributed by atoms with Crippen molar-refractivity contribution in [3.05, 3.63) is 17.6 Å². The summed E-state index contributed by atoms with van der Waals surface area (Å²) < 4.78 is 5.81. The van der Waals surface area contributed by atoms with Crippen molar-refractivity contribution >= 4 is 17.6 Å². The number of ether oxygens (including phenoxy) is 1. The van der Waals surface area contributed by atoms with Crippen LogP contribution in [-0.4, -0.2) is 34.6 Å². The standard InChI is InChI=1S/C15H25N3OS/c1-4-5-16-14-9-12(8-11(2)3)17-15(18-14)13-10-20-7-6-19-13/h9,11,13H,4-8,10H2,1-3H3,(H,16,17,18). The number of hydrogen-bond donors (Lipinski definition) is 1. The predicted octanol–water partition coefficient (Wildman–Crippen LogP) is 3.30. The number of nitrogens with zero attached hydrogens (tertiary/aromatic N) is 2. The zero-order valence-corrected chi connectivity index (χ0v) is 13.5. The molecular weight excluding hydrogens is 270 g/mol. The zero-order chi connectivity index (χ0) is 14.4. The Kier molecular flexibility index (Phi) is 6.10. The average Bonchev–Trinajstić information content (AvgIpc) is 2.45. The quantitative estimate of drug-likeness (QED) is 0.872. The molecule has 0 bridgehead atoms. The van der Waals surface area contributed by atoms with Crippen LogP contribution in [-0.2, 0) is 11.2 Å². The van der Waals surface area contributed by atoms with Crippen molar-refractivity contribution in [3.63, 3.8) is 0 Å². The molecule has 0 aromatic carbocycles. The second-order valence-electron chi connectivity index (χ2n) is 5.56. The van der Waals surface area contributed by atoms with Crippen molar-refractivity contribution < 1.29 is 4.74 Å². The first-order valence-corrected chi connectivity index (χ1v) is 8.65. The first-order chi connectivity index (χ1) is 9.69. The van der Waals surface area contributed by atoms with Gasteiger partial charge in [-0.25, -0.2) is 9.97 Å². The highest BCUT2D eigenvalue weighted by molar-refractivity contribution is 7.99. The average molecular weight is 295 g/mol. The van der Waals surface area contributed by atoms with Crippen molar-refractivity contribution in [2.45, 2.75) is 39.7 Å². The molecule has 1 atom stereocenters. The SMILES string of the molecule is CCCNc1cc(CC(C)C)nc(C2CSCCO2)n1. The van der Waals surface area contributed by atoms with Gasteiger partial charge in [0.2, 0.25) is 0 Å². The molecule has 1 aromatic rings. The first kappa shape index (κ1) is 15.6. The van der Waals surface area contributed by atoms with Crippen LogP contribution >= 0.6 is 11.8 Å². The van der Waals surface area contributed by atoms with Gasteiger partial charge in [-0.3, -0.25) is 0 Å². The van der Waals surface area contributed by atoms with Crippen LogP contribution < -0.4 is 5.32 Å². The van der Waals surface area contributed by atoms with Crippen LogP contribution in [0.15, 0.2) is 6.07 Å². The largest absolute Gasteiger partial charge is 0.370 e. The van der Waals surface area contributed by atoms with E-state index in [2.05, 4.69) is 37.1 Å². The molecule has 1 aliphatic rings. The summed E-state index contributed by atoms with van der Waals surface area (Å²) in [6, 6.07) is 2.08. The van der Waals surface area contributed by atoms with Gasteiger partial charge in [0, 0.05) is 29.8 Å². The van der Waals surface area contributed by atoms with Crippen LogP contribution in [0.1, 0.15) is 44.8 Å². The van der Waals surface area contributed by atoms with Crippen LogP contribution in [0, 0.1) is 5.92 Å². The van der Waals surface area contributed by atoms with Crippen molar-refractivity contribution in [2.24, 2.45) is 5.92 Å². The maximum atomic E-state index is 5.81. The molecule has 1 aliphatic heterocycles. The molecule has 0 amide bonds. The molecule has 0 aliphatic carbocycles. The van der Waals surface area contributed by atoms with Crippen LogP contribution in [0.4, 0.5) is 5.82 Å². The van der Waals surface area contributed by atoms with E-state index in [-0.39, 0.29) is 6.10 Å². The summed E-state index contributed by atoms with van der Waals surface area (Å²) in [5.41, 5.74) is 1.11. The maximum absolute atomic E-state index is 5.81. The lowest BCUT2D eigenvalue weighted by molar-refractivity contribution is 0.0693. The molecular formula is C15H25N3OS. The first-order valence-electron chi connectivity index (χ1n) is 7.50. The molecule has 0 spiro atoms. The zero-order valence-electron chi connectivity index (χ0n) is 12.7. The second-order valence-corrected chi connectivity index (χ2v) is 6.71. The van der Waals surface area contributed by atoms with Crippen LogP contribution in [0.5, 0.6) is 0 Å². The Labute approximate surface area is 126 Å². The van der Waals surface area contributed by atoms with E-state index in [4.69, 9.17) is 9.72 Å². The Morgan fingerprint density at radius 3 is 2.95 bits per heavy atom. The highest BCUT2D eigenvalue weighted by Gasteiger charge is 2.20. The van der Waals surface area contributed by atoms with Gasteiger partial charge in [-0.1, -0.05) is 20.8 Å². The van der Waals surface area contributed by atoms with Gasteiger partial charge in [-0.2, -0.15) is 11.8 Å². The minimum absolute atomic E-state index is 0.0445. The third-order valence-corrected chi connectivity index (χ3v) is 4.07. The molecule has 1 fully saturated rings. The smallest absolute Gasteiger partial charge is 0.160 e. The van der Waals surface area contributed by atoms with Gasteiger partial charge >= 0.3 is 0 Å². The van der Waals surface area contributed by atoms with Gasteiger partial charge in [0.05, 0.1) is 6.61 Å². The molecule has 1 saturated heterocycles. The minimum Gasteiger partial charge on any atom is -0.370 e. The lowest BCUT2D eigenvalue weighted by Gasteiger charge is -2.22. The number of aromatic nitrogens is 2. The van der Waals surface area contributed by atoms with Crippen molar-refractivity contribution in [2.75, 3.05) is 30.0 Å². The number of hydrogen-bond acceptors (Lipinski definition) is 5. The third-order valence-electron chi connectivity index (χ3n) is 3.07. The molecule has 1 N–H and O–H groups in total. The van der Waals surface area contributed by atoms with Crippen molar-refractivity contribution in [1.29, 1.82) is 0 Å². The van der Waals surface area contributed by atoms with Crippen molar-refractivity contribution in [3.8, 4) is 0 Å². The fourth-order valence-electron chi connectivity index (χ4n) is 2.17. The van der Waals surface area contributed by atoms with Gasteiger partial charge < -0.3 is 10.1 Å². The highest BCUT2D eigenvalue weighted by Crippen LogP contribution is 2.25. The fraction of sp³-hybridized carbons (Fsp3) is 0.733. The Hall–Kier alpha value is -0.810. The summed E-state index contributed by atoms with van der Waals surface area (Å²) in [6.07, 6.45) is 2.12. The van der Waals surface area contributed by atoms with E-state index in [9.17, 15) is 0 Å². The predicted molar refractivity (Wildman–Crippen MR) is 85.4 cm³/mol. The van der Waals surface area contributed by atoms with E-state index in [1.807, 2.05) is 11.8 Å².